The smallest absolute Gasteiger partial charge is 0.275 e. The molecule has 156 valence electrons. The molecule has 0 spiro atoms. The first-order valence-corrected chi connectivity index (χ1v) is 10.0. The molecule has 0 saturated heterocycles. The SMILES string of the molecule is Cc1cc(C)cc(Oc2cc(NC(=O)CCn3cc(Br)c(C)n3)cc([N+](=O)[O-])c2)c1. The van der Waals surface area contributed by atoms with E-state index in [2.05, 4.69) is 26.3 Å². The fourth-order valence-corrected chi connectivity index (χ4v) is 3.31. The molecule has 0 aliphatic heterocycles. The van der Waals surface area contributed by atoms with Crippen LogP contribution in [-0.4, -0.2) is 20.6 Å². The predicted octanol–water partition coefficient (Wildman–Crippen LogP) is 5.30. The second-order valence-corrected chi connectivity index (χ2v) is 7.88. The number of aromatic nitrogens is 2. The Morgan fingerprint density at radius 2 is 1.80 bits per heavy atom. The zero-order chi connectivity index (χ0) is 21.8. The van der Waals surface area contributed by atoms with E-state index < -0.39 is 4.92 Å². The molecular weight excluding hydrogens is 452 g/mol. The molecule has 9 heteroatoms. The molecule has 30 heavy (non-hydrogen) atoms. The number of ether oxygens (including phenoxy) is 1. The van der Waals surface area contributed by atoms with E-state index >= 15 is 0 Å². The van der Waals surface area contributed by atoms with Gasteiger partial charge in [0, 0.05) is 31.3 Å². The van der Waals surface area contributed by atoms with E-state index in [1.165, 1.54) is 12.1 Å². The number of nitrogens with one attached hydrogen (secondary N) is 1. The first-order chi connectivity index (χ1) is 14.2. The number of benzene rings is 2. The molecule has 1 heterocycles. The predicted molar refractivity (Wildman–Crippen MR) is 117 cm³/mol. The van der Waals surface area contributed by atoms with Crippen molar-refractivity contribution in [3.8, 4) is 11.5 Å². The van der Waals surface area contributed by atoms with Crippen molar-refractivity contribution in [2.45, 2.75) is 33.7 Å². The summed E-state index contributed by atoms with van der Waals surface area (Å²) in [5.74, 6) is 0.568. The Kier molecular flexibility index (Phi) is 6.51. The minimum atomic E-state index is -0.520. The number of nitro groups is 1. The number of aryl methyl sites for hydroxylation is 4. The van der Waals surface area contributed by atoms with Crippen molar-refractivity contribution < 1.29 is 14.5 Å². The number of carbonyl (C=O) groups is 1. The number of hydrogen-bond acceptors (Lipinski definition) is 5. The number of anilines is 1. The van der Waals surface area contributed by atoms with Crippen LogP contribution in [0, 0.1) is 30.9 Å². The number of rotatable bonds is 7. The van der Waals surface area contributed by atoms with Crippen molar-refractivity contribution in [3.05, 3.63) is 74.0 Å². The van der Waals surface area contributed by atoms with Gasteiger partial charge in [-0.3, -0.25) is 19.6 Å². The monoisotopic (exact) mass is 472 g/mol. The van der Waals surface area contributed by atoms with Gasteiger partial charge in [0.2, 0.25) is 5.91 Å². The van der Waals surface area contributed by atoms with Crippen molar-refractivity contribution in [1.82, 2.24) is 9.78 Å². The lowest BCUT2D eigenvalue weighted by atomic mass is 10.1. The molecule has 0 radical (unpaired) electrons. The van der Waals surface area contributed by atoms with Crippen LogP contribution in [0.3, 0.4) is 0 Å². The molecule has 3 rings (SSSR count). The summed E-state index contributed by atoms with van der Waals surface area (Å²) in [6, 6.07) is 9.89. The second kappa shape index (κ2) is 9.08. The molecule has 0 aliphatic carbocycles. The third-order valence-electron chi connectivity index (χ3n) is 4.27. The van der Waals surface area contributed by atoms with Gasteiger partial charge >= 0.3 is 0 Å². The summed E-state index contributed by atoms with van der Waals surface area (Å²) < 4.78 is 8.36. The normalized spacial score (nSPS) is 10.7. The van der Waals surface area contributed by atoms with Crippen LogP contribution in [0.1, 0.15) is 23.2 Å². The topological polar surface area (TPSA) is 99.3 Å². The molecule has 8 nitrogen and oxygen atoms in total. The Hall–Kier alpha value is -3.20. The van der Waals surface area contributed by atoms with Crippen molar-refractivity contribution in [1.29, 1.82) is 0 Å². The van der Waals surface area contributed by atoms with E-state index in [9.17, 15) is 14.9 Å². The quantitative estimate of drug-likeness (QED) is 0.371. The maximum absolute atomic E-state index is 12.3. The summed E-state index contributed by atoms with van der Waals surface area (Å²) in [4.78, 5) is 23.1. The first kappa shape index (κ1) is 21.5. The molecule has 2 aromatic carbocycles. The number of hydrogen-bond donors (Lipinski definition) is 1. The summed E-state index contributed by atoms with van der Waals surface area (Å²) in [7, 11) is 0. The lowest BCUT2D eigenvalue weighted by molar-refractivity contribution is -0.384. The molecule has 0 bridgehead atoms. The Bertz CT molecular complexity index is 1070. The highest BCUT2D eigenvalue weighted by atomic mass is 79.9. The Morgan fingerprint density at radius 1 is 1.13 bits per heavy atom. The summed E-state index contributed by atoms with van der Waals surface area (Å²) in [5.41, 5.74) is 3.00. The van der Waals surface area contributed by atoms with Gasteiger partial charge in [0.25, 0.3) is 5.69 Å². The van der Waals surface area contributed by atoms with Crippen LogP contribution >= 0.6 is 15.9 Å². The molecule has 0 atom stereocenters. The maximum atomic E-state index is 12.3. The van der Waals surface area contributed by atoms with Crippen molar-refractivity contribution in [2.75, 3.05) is 5.32 Å². The van der Waals surface area contributed by atoms with E-state index in [1.54, 1.807) is 16.9 Å². The zero-order valence-corrected chi connectivity index (χ0v) is 18.4. The van der Waals surface area contributed by atoms with Gasteiger partial charge in [0.15, 0.2) is 0 Å². The van der Waals surface area contributed by atoms with Crippen molar-refractivity contribution in [3.63, 3.8) is 0 Å². The van der Waals surface area contributed by atoms with Crippen LogP contribution in [0.15, 0.2) is 47.1 Å². The maximum Gasteiger partial charge on any atom is 0.275 e. The lowest BCUT2D eigenvalue weighted by Crippen LogP contribution is -2.15. The number of amides is 1. The Balaban J connectivity index is 1.74. The van der Waals surface area contributed by atoms with Crippen LogP contribution in [0.4, 0.5) is 11.4 Å². The molecule has 1 aromatic heterocycles. The lowest BCUT2D eigenvalue weighted by Gasteiger charge is -2.11. The van der Waals surface area contributed by atoms with Gasteiger partial charge in [-0.25, -0.2) is 0 Å². The highest BCUT2D eigenvalue weighted by Gasteiger charge is 2.14. The average Bonchev–Trinajstić information content (AvgIpc) is 2.96. The fraction of sp³-hybridized carbons (Fsp3) is 0.238. The number of carbonyl (C=O) groups excluding carboxylic acids is 1. The van der Waals surface area contributed by atoms with Crippen LogP contribution < -0.4 is 10.1 Å². The van der Waals surface area contributed by atoms with Gasteiger partial charge in [-0.15, -0.1) is 0 Å². The van der Waals surface area contributed by atoms with Crippen molar-refractivity contribution in [2.24, 2.45) is 0 Å². The minimum absolute atomic E-state index is 0.168. The number of nitro benzene ring substituents is 1. The summed E-state index contributed by atoms with van der Waals surface area (Å²) in [6.45, 7) is 6.14. The Morgan fingerprint density at radius 3 is 2.40 bits per heavy atom. The molecular formula is C21H21BrN4O4. The molecule has 0 fully saturated rings. The summed E-state index contributed by atoms with van der Waals surface area (Å²) in [6.07, 6.45) is 1.97. The number of nitrogens with zero attached hydrogens (tertiary/aromatic N) is 3. The number of halogens is 1. The molecule has 1 amide bonds. The van der Waals surface area contributed by atoms with E-state index in [1.807, 2.05) is 39.0 Å². The molecule has 0 aliphatic rings. The summed E-state index contributed by atoms with van der Waals surface area (Å²) >= 11 is 3.38. The first-order valence-electron chi connectivity index (χ1n) is 9.24. The summed E-state index contributed by atoms with van der Waals surface area (Å²) in [5, 5.41) is 18.3. The van der Waals surface area contributed by atoms with Gasteiger partial charge in [-0.1, -0.05) is 6.07 Å². The van der Waals surface area contributed by atoms with E-state index in [0.717, 1.165) is 21.3 Å². The van der Waals surface area contributed by atoms with E-state index in [0.29, 0.717) is 18.0 Å². The number of non-ortho nitro benzene ring substituents is 1. The largest absolute Gasteiger partial charge is 0.457 e. The van der Waals surface area contributed by atoms with Gasteiger partial charge in [-0.05, 0) is 60.0 Å². The van der Waals surface area contributed by atoms with Crippen LogP contribution in [0.25, 0.3) is 0 Å². The van der Waals surface area contributed by atoms with Gasteiger partial charge in [0.05, 0.1) is 26.8 Å². The molecule has 3 aromatic rings. The fourth-order valence-electron chi connectivity index (χ4n) is 3.00. The van der Waals surface area contributed by atoms with Gasteiger partial charge in [-0.2, -0.15) is 5.10 Å². The highest BCUT2D eigenvalue weighted by Crippen LogP contribution is 2.30. The molecule has 1 N–H and O–H groups in total. The minimum Gasteiger partial charge on any atom is -0.457 e. The third kappa shape index (κ3) is 5.66. The molecule has 0 saturated carbocycles. The van der Waals surface area contributed by atoms with Gasteiger partial charge in [0.1, 0.15) is 11.5 Å². The van der Waals surface area contributed by atoms with Gasteiger partial charge < -0.3 is 10.1 Å². The van der Waals surface area contributed by atoms with Crippen LogP contribution in [0.2, 0.25) is 0 Å². The van der Waals surface area contributed by atoms with E-state index in [-0.39, 0.29) is 23.8 Å². The Labute approximate surface area is 182 Å². The van der Waals surface area contributed by atoms with Crippen LogP contribution in [0.5, 0.6) is 11.5 Å². The van der Waals surface area contributed by atoms with E-state index in [4.69, 9.17) is 4.74 Å². The molecule has 0 unspecified atom stereocenters. The van der Waals surface area contributed by atoms with Crippen LogP contribution in [-0.2, 0) is 11.3 Å². The highest BCUT2D eigenvalue weighted by molar-refractivity contribution is 9.10. The standard InChI is InChI=1S/C21H21BrN4O4/c1-13-6-14(2)8-18(7-13)30-19-10-16(9-17(11-19)26(28)29)23-21(27)4-5-25-12-20(22)15(3)24-25/h6-12H,4-5H2,1-3H3,(H,23,27). The second-order valence-electron chi connectivity index (χ2n) is 7.02. The third-order valence-corrected chi connectivity index (χ3v) is 5.05. The van der Waals surface area contributed by atoms with Crippen molar-refractivity contribution >= 4 is 33.2 Å². The zero-order valence-electron chi connectivity index (χ0n) is 16.8. The average molecular weight is 473 g/mol.